The molecule has 0 aliphatic carbocycles. The van der Waals surface area contributed by atoms with E-state index in [0.717, 1.165) is 18.5 Å². The number of aromatic nitrogens is 4. The third-order valence-corrected chi connectivity index (χ3v) is 3.28. The molecule has 1 N–H and O–H groups in total. The number of rotatable bonds is 6. The average Bonchev–Trinajstić information content (AvgIpc) is 2.99. The molecule has 1 atom stereocenters. The molecule has 0 bridgehead atoms. The standard InChI is InChI=1S/C15H21N5O/c1-11(2)7-8-12(3)17-15(21)13-5-4-6-14(9-13)20-10-16-18-19-20/h4-6,9-12H,7-8H2,1-3H3,(H,17,21)/t12-/m1/s1. The molecule has 0 fully saturated rings. The van der Waals surface area contributed by atoms with Gasteiger partial charge in [0.1, 0.15) is 6.33 Å². The van der Waals surface area contributed by atoms with Crippen molar-refractivity contribution < 1.29 is 4.79 Å². The maximum atomic E-state index is 12.2. The number of nitrogens with one attached hydrogen (secondary N) is 1. The molecule has 1 aromatic heterocycles. The summed E-state index contributed by atoms with van der Waals surface area (Å²) in [5.74, 6) is 0.577. The third-order valence-electron chi connectivity index (χ3n) is 3.28. The van der Waals surface area contributed by atoms with E-state index in [1.165, 1.54) is 11.0 Å². The predicted molar refractivity (Wildman–Crippen MR) is 80.2 cm³/mol. The molecule has 0 spiro atoms. The Morgan fingerprint density at radius 1 is 1.29 bits per heavy atom. The summed E-state index contributed by atoms with van der Waals surface area (Å²) in [6.07, 6.45) is 3.59. The van der Waals surface area contributed by atoms with Crippen LogP contribution in [-0.4, -0.2) is 32.2 Å². The Balaban J connectivity index is 2.01. The van der Waals surface area contributed by atoms with Crippen LogP contribution < -0.4 is 5.32 Å². The van der Waals surface area contributed by atoms with Crippen molar-refractivity contribution in [1.29, 1.82) is 0 Å². The van der Waals surface area contributed by atoms with Crippen molar-refractivity contribution in [3.63, 3.8) is 0 Å². The van der Waals surface area contributed by atoms with E-state index >= 15 is 0 Å². The zero-order valence-corrected chi connectivity index (χ0v) is 12.7. The van der Waals surface area contributed by atoms with Crippen molar-refractivity contribution in [2.45, 2.75) is 39.7 Å². The van der Waals surface area contributed by atoms with Crippen molar-refractivity contribution >= 4 is 5.91 Å². The first kappa shape index (κ1) is 15.2. The molecule has 0 saturated heterocycles. The van der Waals surface area contributed by atoms with Gasteiger partial charge < -0.3 is 5.32 Å². The summed E-state index contributed by atoms with van der Waals surface area (Å²) in [6, 6.07) is 7.41. The SMILES string of the molecule is CC(C)CC[C@@H](C)NC(=O)c1cccc(-n2cnnn2)c1. The Hall–Kier alpha value is -2.24. The van der Waals surface area contributed by atoms with Gasteiger partial charge in [-0.1, -0.05) is 19.9 Å². The van der Waals surface area contributed by atoms with Crippen LogP contribution in [0.25, 0.3) is 5.69 Å². The lowest BCUT2D eigenvalue weighted by Gasteiger charge is -2.15. The molecular weight excluding hydrogens is 266 g/mol. The minimum atomic E-state index is -0.0684. The Labute approximate surface area is 124 Å². The molecule has 0 unspecified atom stereocenters. The molecule has 2 rings (SSSR count). The molecule has 2 aromatic rings. The lowest BCUT2D eigenvalue weighted by Crippen LogP contribution is -2.32. The van der Waals surface area contributed by atoms with E-state index in [1.807, 2.05) is 19.1 Å². The van der Waals surface area contributed by atoms with Crippen molar-refractivity contribution in [2.75, 3.05) is 0 Å². The highest BCUT2D eigenvalue weighted by molar-refractivity contribution is 5.94. The van der Waals surface area contributed by atoms with E-state index in [0.29, 0.717) is 11.5 Å². The molecule has 1 amide bonds. The van der Waals surface area contributed by atoms with Crippen LogP contribution in [0.5, 0.6) is 0 Å². The number of benzene rings is 1. The normalized spacial score (nSPS) is 12.4. The fraction of sp³-hybridized carbons (Fsp3) is 0.467. The fourth-order valence-electron chi connectivity index (χ4n) is 2.03. The largest absolute Gasteiger partial charge is 0.350 e. The minimum Gasteiger partial charge on any atom is -0.350 e. The molecule has 1 heterocycles. The van der Waals surface area contributed by atoms with E-state index in [2.05, 4.69) is 34.7 Å². The Bertz CT molecular complexity index is 580. The van der Waals surface area contributed by atoms with Crippen LogP contribution >= 0.6 is 0 Å². The van der Waals surface area contributed by atoms with Crippen LogP contribution in [0.3, 0.4) is 0 Å². The second-order valence-corrected chi connectivity index (χ2v) is 5.65. The number of nitrogens with zero attached hydrogens (tertiary/aromatic N) is 4. The first-order valence-electron chi connectivity index (χ1n) is 7.20. The summed E-state index contributed by atoms with van der Waals surface area (Å²) in [5.41, 5.74) is 1.38. The van der Waals surface area contributed by atoms with E-state index in [4.69, 9.17) is 0 Å². The van der Waals surface area contributed by atoms with E-state index in [9.17, 15) is 4.79 Å². The van der Waals surface area contributed by atoms with Crippen LogP contribution in [0.4, 0.5) is 0 Å². The first-order valence-corrected chi connectivity index (χ1v) is 7.20. The van der Waals surface area contributed by atoms with Crippen LogP contribution in [0.2, 0.25) is 0 Å². The minimum absolute atomic E-state index is 0.0684. The van der Waals surface area contributed by atoms with Gasteiger partial charge in [-0.3, -0.25) is 4.79 Å². The van der Waals surface area contributed by atoms with Gasteiger partial charge in [-0.2, -0.15) is 0 Å². The van der Waals surface area contributed by atoms with Crippen LogP contribution in [0.15, 0.2) is 30.6 Å². The molecule has 0 aliphatic rings. The smallest absolute Gasteiger partial charge is 0.251 e. The van der Waals surface area contributed by atoms with Gasteiger partial charge in [-0.15, -0.1) is 5.10 Å². The summed E-state index contributed by atoms with van der Waals surface area (Å²) in [7, 11) is 0. The summed E-state index contributed by atoms with van der Waals surface area (Å²) >= 11 is 0. The van der Waals surface area contributed by atoms with Crippen molar-refractivity contribution in [3.8, 4) is 5.69 Å². The average molecular weight is 287 g/mol. The highest BCUT2D eigenvalue weighted by atomic mass is 16.1. The van der Waals surface area contributed by atoms with Gasteiger partial charge in [0.25, 0.3) is 5.91 Å². The van der Waals surface area contributed by atoms with Crippen molar-refractivity contribution in [1.82, 2.24) is 25.5 Å². The Morgan fingerprint density at radius 3 is 2.76 bits per heavy atom. The maximum Gasteiger partial charge on any atom is 0.251 e. The van der Waals surface area contributed by atoms with Gasteiger partial charge in [0, 0.05) is 11.6 Å². The van der Waals surface area contributed by atoms with Crippen LogP contribution in [0.1, 0.15) is 44.0 Å². The second-order valence-electron chi connectivity index (χ2n) is 5.65. The fourth-order valence-corrected chi connectivity index (χ4v) is 2.03. The molecule has 0 aliphatic heterocycles. The zero-order valence-electron chi connectivity index (χ0n) is 12.7. The number of tetrazole rings is 1. The number of hydrogen-bond acceptors (Lipinski definition) is 4. The molecule has 6 heteroatoms. The van der Waals surface area contributed by atoms with Crippen LogP contribution in [-0.2, 0) is 0 Å². The molecule has 1 aromatic carbocycles. The zero-order chi connectivity index (χ0) is 15.2. The Kier molecular flexibility index (Phi) is 5.03. The quantitative estimate of drug-likeness (QED) is 0.884. The molecule has 21 heavy (non-hydrogen) atoms. The summed E-state index contributed by atoms with van der Waals surface area (Å²) in [4.78, 5) is 12.2. The number of carbonyl (C=O) groups is 1. The molecule has 0 saturated carbocycles. The van der Waals surface area contributed by atoms with Gasteiger partial charge in [0.2, 0.25) is 0 Å². The van der Waals surface area contributed by atoms with Gasteiger partial charge in [0.15, 0.2) is 0 Å². The summed E-state index contributed by atoms with van der Waals surface area (Å²) in [5, 5.41) is 14.0. The summed E-state index contributed by atoms with van der Waals surface area (Å²) in [6.45, 7) is 6.40. The topological polar surface area (TPSA) is 72.7 Å². The monoisotopic (exact) mass is 287 g/mol. The second kappa shape index (κ2) is 6.97. The van der Waals surface area contributed by atoms with E-state index in [-0.39, 0.29) is 11.9 Å². The predicted octanol–water partition coefficient (Wildman–Crippen LogP) is 2.22. The molecule has 6 nitrogen and oxygen atoms in total. The van der Waals surface area contributed by atoms with Gasteiger partial charge in [0.05, 0.1) is 5.69 Å². The number of amides is 1. The van der Waals surface area contributed by atoms with Crippen molar-refractivity contribution in [2.24, 2.45) is 5.92 Å². The molecule has 112 valence electrons. The van der Waals surface area contributed by atoms with Crippen molar-refractivity contribution in [3.05, 3.63) is 36.2 Å². The van der Waals surface area contributed by atoms with E-state index < -0.39 is 0 Å². The number of hydrogen-bond donors (Lipinski definition) is 1. The Morgan fingerprint density at radius 2 is 2.10 bits per heavy atom. The van der Waals surface area contributed by atoms with Gasteiger partial charge >= 0.3 is 0 Å². The third kappa shape index (κ3) is 4.37. The highest BCUT2D eigenvalue weighted by Gasteiger charge is 2.11. The number of carbonyl (C=O) groups excluding carboxylic acids is 1. The van der Waals surface area contributed by atoms with E-state index in [1.54, 1.807) is 12.1 Å². The van der Waals surface area contributed by atoms with Gasteiger partial charge in [-0.05, 0) is 54.3 Å². The lowest BCUT2D eigenvalue weighted by molar-refractivity contribution is 0.0937. The first-order chi connectivity index (χ1) is 10.1. The molecular formula is C15H21N5O. The molecule has 0 radical (unpaired) electrons. The highest BCUT2D eigenvalue weighted by Crippen LogP contribution is 2.10. The van der Waals surface area contributed by atoms with Gasteiger partial charge in [-0.25, -0.2) is 4.68 Å². The maximum absolute atomic E-state index is 12.2. The lowest BCUT2D eigenvalue weighted by atomic mass is 10.0. The van der Waals surface area contributed by atoms with Crippen LogP contribution in [0, 0.1) is 5.92 Å². The summed E-state index contributed by atoms with van der Waals surface area (Å²) < 4.78 is 1.53.